The molecule has 4 N–H and O–H groups in total. The Hall–Kier alpha value is -4.03. The molecule has 0 spiro atoms. The number of morpholine rings is 1. The second kappa shape index (κ2) is 11.6. The summed E-state index contributed by atoms with van der Waals surface area (Å²) >= 11 is 0. The molecule has 212 valence electrons. The minimum absolute atomic E-state index is 0.137. The average molecular weight is 550 g/mol. The lowest BCUT2D eigenvalue weighted by molar-refractivity contribution is 0.0317. The van der Waals surface area contributed by atoms with Crippen LogP contribution in [-0.2, 0) is 4.74 Å². The number of carbonyl (C=O) groups is 1. The third-order valence-corrected chi connectivity index (χ3v) is 7.16. The molecule has 12 heteroatoms. The van der Waals surface area contributed by atoms with E-state index in [-0.39, 0.29) is 29.3 Å². The number of nitrogens with zero attached hydrogens (tertiary/aromatic N) is 3. The molecular weight excluding hydrogens is 514 g/mol. The number of hydrogen-bond acceptors (Lipinski definition) is 11. The summed E-state index contributed by atoms with van der Waals surface area (Å²) in [5.41, 5.74) is -0.126. The van der Waals surface area contributed by atoms with Crippen LogP contribution in [0.25, 0.3) is 0 Å². The first kappa shape index (κ1) is 27.5. The summed E-state index contributed by atoms with van der Waals surface area (Å²) in [5.74, 6) is 0.909. The first-order valence-corrected chi connectivity index (χ1v) is 13.5. The number of ether oxygens (including phenoxy) is 2. The topological polar surface area (TPSA) is 147 Å². The zero-order chi connectivity index (χ0) is 28.3. The van der Waals surface area contributed by atoms with E-state index in [4.69, 9.17) is 9.47 Å². The van der Waals surface area contributed by atoms with Crippen LogP contribution < -0.4 is 36.9 Å². The third kappa shape index (κ3) is 6.23. The van der Waals surface area contributed by atoms with Crippen LogP contribution in [0, 0.1) is 0 Å². The fourth-order valence-corrected chi connectivity index (χ4v) is 4.82. The van der Waals surface area contributed by atoms with Gasteiger partial charge in [0.1, 0.15) is 22.9 Å². The Morgan fingerprint density at radius 3 is 2.55 bits per heavy atom. The minimum atomic E-state index is -0.602. The normalized spacial score (nSPS) is 16.3. The molecular formula is C28H35N7O5. The van der Waals surface area contributed by atoms with Crippen molar-refractivity contribution in [3.63, 3.8) is 0 Å². The maximum Gasteiger partial charge on any atom is 0.253 e. The molecule has 0 bridgehead atoms. The maximum atomic E-state index is 12.5. The van der Waals surface area contributed by atoms with Crippen LogP contribution in [0.3, 0.4) is 0 Å². The van der Waals surface area contributed by atoms with Gasteiger partial charge < -0.3 is 30.7 Å². The minimum Gasteiger partial charge on any atom is -0.495 e. The zero-order valence-corrected chi connectivity index (χ0v) is 23.0. The van der Waals surface area contributed by atoms with Crippen LogP contribution in [0.1, 0.15) is 43.5 Å². The van der Waals surface area contributed by atoms with E-state index in [2.05, 4.69) is 36.1 Å². The van der Waals surface area contributed by atoms with Crippen molar-refractivity contribution in [3.05, 3.63) is 56.5 Å². The van der Waals surface area contributed by atoms with E-state index in [9.17, 15) is 14.4 Å². The van der Waals surface area contributed by atoms with Gasteiger partial charge in [0.15, 0.2) is 0 Å². The molecule has 1 aromatic heterocycles. The van der Waals surface area contributed by atoms with Crippen molar-refractivity contribution in [3.8, 4) is 5.75 Å². The summed E-state index contributed by atoms with van der Waals surface area (Å²) in [6.07, 6.45) is 4.68. The standard InChI is InChI=1S/C28H35N7O5/c1-28(2,16-35-11-13-40-14-12-35)34-23-22(24(36)25(23)37)32-21-9-10-29-27(33-21)31-19-8-7-17(15-20(19)39-3)26(38)30-18-5-4-6-18/h7-10,15,18,34H,4-6,11-14,16H2,1-3H3,(H,30,38)(H2,29,31,32,33). The van der Waals surface area contributed by atoms with Crippen molar-refractivity contribution >= 4 is 34.7 Å². The van der Waals surface area contributed by atoms with Gasteiger partial charge in [0.05, 0.1) is 26.0 Å². The fourth-order valence-electron chi connectivity index (χ4n) is 4.82. The SMILES string of the molecule is COc1cc(C(=O)NC2CCC2)ccc1Nc1nccc(Nc2c(NC(C)(C)CN3CCOCC3)c(=O)c2=O)n1. The quantitative estimate of drug-likeness (QED) is 0.261. The molecule has 0 unspecified atom stereocenters. The third-order valence-electron chi connectivity index (χ3n) is 7.16. The van der Waals surface area contributed by atoms with Crippen LogP contribution in [0.15, 0.2) is 40.1 Å². The van der Waals surface area contributed by atoms with E-state index in [1.165, 1.54) is 13.3 Å². The predicted molar refractivity (Wildman–Crippen MR) is 153 cm³/mol. The highest BCUT2D eigenvalue weighted by Gasteiger charge is 2.29. The van der Waals surface area contributed by atoms with Crippen LogP contribution >= 0.6 is 0 Å². The number of anilines is 5. The molecule has 1 saturated heterocycles. The molecule has 2 aromatic carbocycles. The van der Waals surface area contributed by atoms with E-state index < -0.39 is 16.4 Å². The number of carbonyl (C=O) groups excluding carboxylic acids is 1. The highest BCUT2D eigenvalue weighted by molar-refractivity contribution is 5.95. The molecule has 12 nitrogen and oxygen atoms in total. The van der Waals surface area contributed by atoms with Gasteiger partial charge in [-0.05, 0) is 57.4 Å². The largest absolute Gasteiger partial charge is 0.495 e. The number of methoxy groups -OCH3 is 1. The number of nitrogens with one attached hydrogen (secondary N) is 4. The fraction of sp³-hybridized carbons (Fsp3) is 0.464. The van der Waals surface area contributed by atoms with Crippen LogP contribution in [0.4, 0.5) is 28.8 Å². The second-order valence-corrected chi connectivity index (χ2v) is 10.8. The van der Waals surface area contributed by atoms with Crippen molar-refractivity contribution in [2.45, 2.75) is 44.7 Å². The van der Waals surface area contributed by atoms with Gasteiger partial charge in [0.2, 0.25) is 5.95 Å². The first-order chi connectivity index (χ1) is 19.2. The van der Waals surface area contributed by atoms with Crippen molar-refractivity contribution < 1.29 is 14.3 Å². The predicted octanol–water partition coefficient (Wildman–Crippen LogP) is 2.37. The molecule has 40 heavy (non-hydrogen) atoms. The molecule has 1 aliphatic heterocycles. The van der Waals surface area contributed by atoms with Gasteiger partial charge in [0, 0.05) is 43.0 Å². The summed E-state index contributed by atoms with van der Waals surface area (Å²) in [7, 11) is 1.52. The van der Waals surface area contributed by atoms with E-state index in [1.54, 1.807) is 24.3 Å². The second-order valence-electron chi connectivity index (χ2n) is 10.8. The van der Waals surface area contributed by atoms with Gasteiger partial charge in [-0.15, -0.1) is 0 Å². The van der Waals surface area contributed by atoms with E-state index in [0.717, 1.165) is 32.4 Å². The van der Waals surface area contributed by atoms with Gasteiger partial charge in [-0.1, -0.05) is 0 Å². The molecule has 0 atom stereocenters. The monoisotopic (exact) mass is 549 g/mol. The van der Waals surface area contributed by atoms with Gasteiger partial charge in [-0.25, -0.2) is 4.98 Å². The summed E-state index contributed by atoms with van der Waals surface area (Å²) in [5, 5.41) is 12.3. The Kier molecular flexibility index (Phi) is 7.99. The Labute approximate surface area is 232 Å². The summed E-state index contributed by atoms with van der Waals surface area (Å²) < 4.78 is 10.9. The smallest absolute Gasteiger partial charge is 0.253 e. The lowest BCUT2D eigenvalue weighted by atomic mass is 9.93. The number of benzene rings is 1. The summed E-state index contributed by atoms with van der Waals surface area (Å²) in [4.78, 5) is 48.4. The van der Waals surface area contributed by atoms with Gasteiger partial charge in [-0.2, -0.15) is 4.98 Å². The number of hydrogen-bond donors (Lipinski definition) is 4. The lowest BCUT2D eigenvalue weighted by Gasteiger charge is -2.36. The van der Waals surface area contributed by atoms with Crippen molar-refractivity contribution in [1.29, 1.82) is 0 Å². The first-order valence-electron chi connectivity index (χ1n) is 13.5. The van der Waals surface area contributed by atoms with Crippen molar-refractivity contribution in [2.24, 2.45) is 0 Å². The van der Waals surface area contributed by atoms with E-state index in [0.29, 0.717) is 42.6 Å². The molecule has 1 amide bonds. The molecule has 5 rings (SSSR count). The highest BCUT2D eigenvalue weighted by Crippen LogP contribution is 2.29. The van der Waals surface area contributed by atoms with Crippen molar-refractivity contribution in [1.82, 2.24) is 20.2 Å². The summed E-state index contributed by atoms with van der Waals surface area (Å²) in [6.45, 7) is 7.67. The lowest BCUT2D eigenvalue weighted by Crippen LogP contribution is -2.50. The van der Waals surface area contributed by atoms with E-state index >= 15 is 0 Å². The Balaban J connectivity index is 1.26. The number of amides is 1. The molecule has 0 radical (unpaired) electrons. The van der Waals surface area contributed by atoms with Crippen molar-refractivity contribution in [2.75, 3.05) is 55.9 Å². The molecule has 1 aliphatic carbocycles. The molecule has 2 heterocycles. The van der Waals surface area contributed by atoms with Gasteiger partial charge >= 0.3 is 0 Å². The van der Waals surface area contributed by atoms with Gasteiger partial charge in [0.25, 0.3) is 16.8 Å². The van der Waals surface area contributed by atoms with E-state index in [1.807, 2.05) is 13.8 Å². The highest BCUT2D eigenvalue weighted by atomic mass is 16.5. The molecule has 2 fully saturated rings. The van der Waals surface area contributed by atoms with Crippen LogP contribution in [0.2, 0.25) is 0 Å². The average Bonchev–Trinajstić information content (AvgIpc) is 2.93. The van der Waals surface area contributed by atoms with Crippen LogP contribution in [0.5, 0.6) is 5.75 Å². The number of rotatable bonds is 11. The molecule has 3 aromatic rings. The van der Waals surface area contributed by atoms with Gasteiger partial charge in [-0.3, -0.25) is 19.3 Å². The molecule has 2 aliphatic rings. The Morgan fingerprint density at radius 2 is 1.85 bits per heavy atom. The summed E-state index contributed by atoms with van der Waals surface area (Å²) in [6, 6.07) is 6.95. The number of aromatic nitrogens is 2. The molecule has 1 saturated carbocycles. The zero-order valence-electron chi connectivity index (χ0n) is 23.0. The Morgan fingerprint density at radius 1 is 1.10 bits per heavy atom. The maximum absolute atomic E-state index is 12.5. The Bertz CT molecular complexity index is 1440. The van der Waals surface area contributed by atoms with Crippen LogP contribution in [-0.4, -0.2) is 72.3 Å².